The molecule has 29 heavy (non-hydrogen) atoms. The van der Waals surface area contributed by atoms with Crippen LogP contribution in [0.4, 0.5) is 5.69 Å². The van der Waals surface area contributed by atoms with Crippen molar-refractivity contribution in [2.75, 3.05) is 44.7 Å². The van der Waals surface area contributed by atoms with Gasteiger partial charge in [-0.15, -0.1) is 0 Å². The molecule has 1 amide bonds. The molecule has 0 aromatic heterocycles. The zero-order valence-electron chi connectivity index (χ0n) is 18.4. The molecule has 1 fully saturated rings. The number of likely N-dealkylation sites (N-methyl/N-ethyl adjacent to an activating group) is 1. The predicted octanol–water partition coefficient (Wildman–Crippen LogP) is 4.10. The van der Waals surface area contributed by atoms with E-state index in [-0.39, 0.29) is 11.3 Å². The van der Waals surface area contributed by atoms with Crippen LogP contribution >= 0.6 is 0 Å². The van der Waals surface area contributed by atoms with Crippen molar-refractivity contribution < 1.29 is 4.79 Å². The minimum atomic E-state index is 0.0101. The lowest BCUT2D eigenvalue weighted by molar-refractivity contribution is 0.0953. The third-order valence-corrected chi connectivity index (χ3v) is 5.75. The molecule has 0 unspecified atom stereocenters. The summed E-state index contributed by atoms with van der Waals surface area (Å²) in [6.45, 7) is 11.7. The van der Waals surface area contributed by atoms with Crippen molar-refractivity contribution in [3.8, 4) is 0 Å². The van der Waals surface area contributed by atoms with Gasteiger partial charge in [0.1, 0.15) is 0 Å². The lowest BCUT2D eigenvalue weighted by Gasteiger charge is -2.34. The summed E-state index contributed by atoms with van der Waals surface area (Å²) >= 11 is 0. The third-order valence-electron chi connectivity index (χ3n) is 5.75. The smallest absolute Gasteiger partial charge is 0.251 e. The average Bonchev–Trinajstić information content (AvgIpc) is 2.71. The number of benzene rings is 2. The molecule has 0 saturated carbocycles. The first-order chi connectivity index (χ1) is 13.8. The fraction of sp³-hybridized carbons (Fsp3) is 0.480. The van der Waals surface area contributed by atoms with Gasteiger partial charge in [-0.05, 0) is 60.7 Å². The van der Waals surface area contributed by atoms with Crippen LogP contribution in [-0.2, 0) is 11.8 Å². The van der Waals surface area contributed by atoms with Gasteiger partial charge in [0.2, 0.25) is 0 Å². The Morgan fingerprint density at radius 3 is 2.14 bits per heavy atom. The molecule has 1 aliphatic rings. The summed E-state index contributed by atoms with van der Waals surface area (Å²) in [5, 5.41) is 3.04. The summed E-state index contributed by atoms with van der Waals surface area (Å²) in [7, 11) is 2.18. The number of hydrogen-bond donors (Lipinski definition) is 1. The Bertz CT molecular complexity index is 782. The highest BCUT2D eigenvalue weighted by Crippen LogP contribution is 2.22. The first-order valence-corrected chi connectivity index (χ1v) is 10.7. The van der Waals surface area contributed by atoms with Crippen LogP contribution in [0.3, 0.4) is 0 Å². The monoisotopic (exact) mass is 393 g/mol. The largest absolute Gasteiger partial charge is 0.369 e. The molecule has 0 spiro atoms. The van der Waals surface area contributed by atoms with E-state index in [1.54, 1.807) is 0 Å². The van der Waals surface area contributed by atoms with Crippen LogP contribution in [0.1, 0.15) is 48.7 Å². The van der Waals surface area contributed by atoms with Crippen molar-refractivity contribution >= 4 is 11.6 Å². The maximum atomic E-state index is 12.3. The molecule has 3 rings (SSSR count). The summed E-state index contributed by atoms with van der Waals surface area (Å²) in [6.07, 6.45) is 1.92. The number of amides is 1. The standard InChI is InChI=1S/C25H35N3O/c1-25(2,3)22-11-9-21(10-12-22)24(29)26-15-5-6-20-7-13-23(14-8-20)28-18-16-27(4)17-19-28/h7-14H,5-6,15-19H2,1-4H3,(H,26,29). The van der Waals surface area contributed by atoms with E-state index in [0.717, 1.165) is 44.6 Å². The molecule has 0 radical (unpaired) electrons. The van der Waals surface area contributed by atoms with E-state index in [1.807, 2.05) is 12.1 Å². The van der Waals surface area contributed by atoms with E-state index < -0.39 is 0 Å². The van der Waals surface area contributed by atoms with Crippen molar-refractivity contribution in [2.45, 2.75) is 39.0 Å². The number of aryl methyl sites for hydroxylation is 1. The number of nitrogens with zero attached hydrogens (tertiary/aromatic N) is 2. The summed E-state index contributed by atoms with van der Waals surface area (Å²) in [6, 6.07) is 16.9. The van der Waals surface area contributed by atoms with Crippen LogP contribution in [0.2, 0.25) is 0 Å². The quantitative estimate of drug-likeness (QED) is 0.751. The van der Waals surface area contributed by atoms with Crippen molar-refractivity contribution in [1.29, 1.82) is 0 Å². The van der Waals surface area contributed by atoms with E-state index in [1.165, 1.54) is 16.8 Å². The van der Waals surface area contributed by atoms with Gasteiger partial charge in [-0.25, -0.2) is 0 Å². The van der Waals surface area contributed by atoms with Crippen LogP contribution in [0, 0.1) is 0 Å². The van der Waals surface area contributed by atoms with Crippen molar-refractivity contribution in [3.05, 3.63) is 65.2 Å². The Hall–Kier alpha value is -2.33. The third kappa shape index (κ3) is 6.07. The highest BCUT2D eigenvalue weighted by molar-refractivity contribution is 5.94. The Kier molecular flexibility index (Phi) is 6.96. The highest BCUT2D eigenvalue weighted by Gasteiger charge is 2.15. The van der Waals surface area contributed by atoms with E-state index in [4.69, 9.17) is 0 Å². The zero-order valence-corrected chi connectivity index (χ0v) is 18.4. The van der Waals surface area contributed by atoms with Crippen LogP contribution in [0.25, 0.3) is 0 Å². The number of hydrogen-bond acceptors (Lipinski definition) is 3. The second kappa shape index (κ2) is 9.45. The van der Waals surface area contributed by atoms with Gasteiger partial charge in [-0.2, -0.15) is 0 Å². The van der Waals surface area contributed by atoms with Gasteiger partial charge >= 0.3 is 0 Å². The number of carbonyl (C=O) groups is 1. The van der Waals surface area contributed by atoms with Gasteiger partial charge in [-0.1, -0.05) is 45.0 Å². The molecule has 0 bridgehead atoms. The lowest BCUT2D eigenvalue weighted by atomic mass is 9.87. The second-order valence-electron chi connectivity index (χ2n) is 9.14. The fourth-order valence-corrected chi connectivity index (χ4v) is 3.66. The molecular formula is C25H35N3O. The summed E-state index contributed by atoms with van der Waals surface area (Å²) in [4.78, 5) is 17.2. The first kappa shape index (κ1) is 21.4. The number of piperazine rings is 1. The number of rotatable bonds is 6. The van der Waals surface area contributed by atoms with Crippen LogP contribution in [0.5, 0.6) is 0 Å². The molecule has 2 aromatic carbocycles. The number of carbonyl (C=O) groups excluding carboxylic acids is 1. The zero-order chi connectivity index (χ0) is 20.9. The van der Waals surface area contributed by atoms with Gasteiger partial charge in [0.05, 0.1) is 0 Å². The highest BCUT2D eigenvalue weighted by atomic mass is 16.1. The summed E-state index contributed by atoms with van der Waals surface area (Å²) < 4.78 is 0. The maximum absolute atomic E-state index is 12.3. The Morgan fingerprint density at radius 1 is 0.931 bits per heavy atom. The van der Waals surface area contributed by atoms with Crippen LogP contribution < -0.4 is 10.2 Å². The van der Waals surface area contributed by atoms with Gasteiger partial charge < -0.3 is 15.1 Å². The predicted molar refractivity (Wildman–Crippen MR) is 122 cm³/mol. The molecular weight excluding hydrogens is 358 g/mol. The molecule has 1 saturated heterocycles. The fourth-order valence-electron chi connectivity index (χ4n) is 3.66. The minimum absolute atomic E-state index is 0.0101. The normalized spacial score (nSPS) is 15.4. The van der Waals surface area contributed by atoms with E-state index in [2.05, 4.69) is 79.3 Å². The molecule has 0 atom stereocenters. The van der Waals surface area contributed by atoms with Crippen LogP contribution in [-0.4, -0.2) is 50.6 Å². The summed E-state index contributed by atoms with van der Waals surface area (Å²) in [5.74, 6) is 0.0101. The van der Waals surface area contributed by atoms with Crippen molar-refractivity contribution in [1.82, 2.24) is 10.2 Å². The maximum Gasteiger partial charge on any atom is 0.251 e. The molecule has 1 heterocycles. The first-order valence-electron chi connectivity index (χ1n) is 10.7. The van der Waals surface area contributed by atoms with E-state index in [9.17, 15) is 4.79 Å². The van der Waals surface area contributed by atoms with E-state index in [0.29, 0.717) is 6.54 Å². The molecule has 1 aliphatic heterocycles. The molecule has 1 N–H and O–H groups in total. The van der Waals surface area contributed by atoms with Crippen LogP contribution in [0.15, 0.2) is 48.5 Å². The Balaban J connectivity index is 1.41. The average molecular weight is 394 g/mol. The minimum Gasteiger partial charge on any atom is -0.369 e. The van der Waals surface area contributed by atoms with Gasteiger partial charge in [0.25, 0.3) is 5.91 Å². The van der Waals surface area contributed by atoms with Gasteiger partial charge in [0, 0.05) is 44.0 Å². The Labute approximate surface area is 175 Å². The number of nitrogens with one attached hydrogen (secondary N) is 1. The Morgan fingerprint density at radius 2 is 1.55 bits per heavy atom. The lowest BCUT2D eigenvalue weighted by Crippen LogP contribution is -2.44. The molecule has 4 heteroatoms. The summed E-state index contributed by atoms with van der Waals surface area (Å²) in [5.41, 5.74) is 4.72. The van der Waals surface area contributed by atoms with E-state index >= 15 is 0 Å². The molecule has 156 valence electrons. The van der Waals surface area contributed by atoms with Gasteiger partial charge in [-0.3, -0.25) is 4.79 Å². The van der Waals surface area contributed by atoms with Crippen molar-refractivity contribution in [2.24, 2.45) is 0 Å². The SMILES string of the molecule is CN1CCN(c2ccc(CCCNC(=O)c3ccc(C(C)(C)C)cc3)cc2)CC1. The number of anilines is 1. The molecule has 2 aromatic rings. The topological polar surface area (TPSA) is 35.6 Å². The molecule has 4 nitrogen and oxygen atoms in total. The molecule has 0 aliphatic carbocycles. The second-order valence-corrected chi connectivity index (χ2v) is 9.14. The van der Waals surface area contributed by atoms with Crippen molar-refractivity contribution in [3.63, 3.8) is 0 Å². The van der Waals surface area contributed by atoms with Gasteiger partial charge in [0.15, 0.2) is 0 Å².